The molecule has 0 aliphatic heterocycles. The van der Waals surface area contributed by atoms with E-state index in [1.54, 1.807) is 0 Å². The maximum absolute atomic E-state index is 5.89. The molecular formula is C10H11ClN4O. The average Bonchev–Trinajstić information content (AvgIpc) is 2.66. The van der Waals surface area contributed by atoms with Gasteiger partial charge in [-0.15, -0.1) is 0 Å². The third kappa shape index (κ3) is 2.43. The van der Waals surface area contributed by atoms with Gasteiger partial charge in [0, 0.05) is 0 Å². The van der Waals surface area contributed by atoms with Crippen molar-refractivity contribution in [3.05, 3.63) is 34.9 Å². The van der Waals surface area contributed by atoms with Crippen molar-refractivity contribution >= 4 is 23.4 Å². The fraction of sp³-hybridized carbons (Fsp3) is 0.200. The van der Waals surface area contributed by atoms with Crippen LogP contribution in [-0.2, 0) is 6.54 Å². The molecule has 0 aliphatic rings. The van der Waals surface area contributed by atoms with Crippen LogP contribution in [0.4, 0.5) is 11.8 Å². The normalized spacial score (nSPS) is 10.4. The molecular weight excluding hydrogens is 228 g/mol. The lowest BCUT2D eigenvalue weighted by Crippen LogP contribution is -2.04. The highest BCUT2D eigenvalue weighted by molar-refractivity contribution is 6.32. The van der Waals surface area contributed by atoms with Crippen molar-refractivity contribution in [2.24, 2.45) is 0 Å². The predicted octanol–water partition coefficient (Wildman–Crippen LogP) is 2.23. The van der Waals surface area contributed by atoms with Crippen LogP contribution in [0.1, 0.15) is 11.5 Å². The van der Waals surface area contributed by atoms with Crippen LogP contribution in [0.15, 0.2) is 22.7 Å². The molecule has 5 nitrogen and oxygen atoms in total. The van der Waals surface area contributed by atoms with Gasteiger partial charge in [0.05, 0.1) is 12.7 Å². The van der Waals surface area contributed by atoms with Crippen LogP contribution < -0.4 is 11.1 Å². The van der Waals surface area contributed by atoms with Crippen LogP contribution in [0.2, 0.25) is 5.02 Å². The fourth-order valence-electron chi connectivity index (χ4n) is 1.26. The van der Waals surface area contributed by atoms with Crippen molar-refractivity contribution in [1.29, 1.82) is 0 Å². The summed E-state index contributed by atoms with van der Waals surface area (Å²) in [7, 11) is 0. The molecule has 0 bridgehead atoms. The first kappa shape index (κ1) is 10.8. The van der Waals surface area contributed by atoms with E-state index in [0.29, 0.717) is 17.4 Å². The highest BCUT2D eigenvalue weighted by Crippen LogP contribution is 2.19. The van der Waals surface area contributed by atoms with E-state index in [2.05, 4.69) is 15.3 Å². The third-order valence-corrected chi connectivity index (χ3v) is 2.27. The Balaban J connectivity index is 2.07. The van der Waals surface area contributed by atoms with Crippen molar-refractivity contribution in [1.82, 2.24) is 9.97 Å². The Kier molecular flexibility index (Phi) is 2.96. The monoisotopic (exact) mass is 238 g/mol. The number of nitrogens with two attached hydrogens (primary N) is 1. The first-order chi connectivity index (χ1) is 7.65. The van der Waals surface area contributed by atoms with Gasteiger partial charge in [-0.3, -0.25) is 0 Å². The zero-order chi connectivity index (χ0) is 11.5. The molecule has 16 heavy (non-hydrogen) atoms. The summed E-state index contributed by atoms with van der Waals surface area (Å²) < 4.78 is 5.40. The third-order valence-electron chi connectivity index (χ3n) is 1.99. The first-order valence-corrected chi connectivity index (χ1v) is 5.10. The van der Waals surface area contributed by atoms with E-state index >= 15 is 0 Å². The van der Waals surface area contributed by atoms with Gasteiger partial charge in [-0.05, 0) is 19.1 Å². The van der Waals surface area contributed by atoms with Crippen molar-refractivity contribution in [3.8, 4) is 0 Å². The highest BCUT2D eigenvalue weighted by atomic mass is 35.5. The molecule has 0 spiro atoms. The summed E-state index contributed by atoms with van der Waals surface area (Å²) in [6.07, 6.45) is 1.46. The van der Waals surface area contributed by atoms with Gasteiger partial charge in [0.25, 0.3) is 0 Å². The van der Waals surface area contributed by atoms with Crippen LogP contribution >= 0.6 is 11.6 Å². The number of furan rings is 1. The second kappa shape index (κ2) is 4.40. The molecule has 2 aromatic heterocycles. The molecule has 0 saturated heterocycles. The lowest BCUT2D eigenvalue weighted by Gasteiger charge is -2.05. The summed E-state index contributed by atoms with van der Waals surface area (Å²) in [6.45, 7) is 2.39. The minimum atomic E-state index is 0.183. The molecule has 0 amide bonds. The second-order valence-corrected chi connectivity index (χ2v) is 3.70. The lowest BCUT2D eigenvalue weighted by molar-refractivity contribution is 0.490. The Morgan fingerprint density at radius 3 is 3.00 bits per heavy atom. The largest absolute Gasteiger partial charge is 0.465 e. The zero-order valence-corrected chi connectivity index (χ0v) is 9.45. The number of nitrogens with zero attached hydrogens (tertiary/aromatic N) is 2. The Hall–Kier alpha value is -1.75. The molecule has 84 valence electrons. The summed E-state index contributed by atoms with van der Waals surface area (Å²) in [6, 6.07) is 3.79. The lowest BCUT2D eigenvalue weighted by atomic mass is 10.4. The van der Waals surface area contributed by atoms with Gasteiger partial charge in [0.15, 0.2) is 5.82 Å². The minimum Gasteiger partial charge on any atom is -0.465 e. The molecule has 6 heteroatoms. The first-order valence-electron chi connectivity index (χ1n) is 4.72. The van der Waals surface area contributed by atoms with E-state index in [4.69, 9.17) is 21.8 Å². The van der Waals surface area contributed by atoms with Gasteiger partial charge in [-0.2, -0.15) is 4.98 Å². The summed E-state index contributed by atoms with van der Waals surface area (Å²) >= 11 is 5.89. The van der Waals surface area contributed by atoms with Crippen LogP contribution in [0.5, 0.6) is 0 Å². The highest BCUT2D eigenvalue weighted by Gasteiger charge is 2.04. The molecule has 0 atom stereocenters. The summed E-state index contributed by atoms with van der Waals surface area (Å²) in [4.78, 5) is 7.75. The number of anilines is 2. The SMILES string of the molecule is Cc1ccc(CNc2nc(N)ncc2Cl)o1. The van der Waals surface area contributed by atoms with Gasteiger partial charge < -0.3 is 15.5 Å². The maximum Gasteiger partial charge on any atom is 0.222 e. The van der Waals surface area contributed by atoms with Crippen molar-refractivity contribution in [2.75, 3.05) is 11.1 Å². The van der Waals surface area contributed by atoms with Crippen molar-refractivity contribution in [2.45, 2.75) is 13.5 Å². The molecule has 0 radical (unpaired) electrons. The number of nitrogens with one attached hydrogen (secondary N) is 1. The van der Waals surface area contributed by atoms with Crippen LogP contribution in [0.3, 0.4) is 0 Å². The minimum absolute atomic E-state index is 0.183. The molecule has 0 saturated carbocycles. The molecule has 0 aromatic carbocycles. The summed E-state index contributed by atoms with van der Waals surface area (Å²) in [5.41, 5.74) is 5.46. The van der Waals surface area contributed by atoms with E-state index < -0.39 is 0 Å². The van der Waals surface area contributed by atoms with E-state index in [-0.39, 0.29) is 5.95 Å². The molecule has 3 N–H and O–H groups in total. The molecule has 2 rings (SSSR count). The molecule has 0 unspecified atom stereocenters. The van der Waals surface area contributed by atoms with Gasteiger partial charge in [-0.1, -0.05) is 11.6 Å². The molecule has 0 fully saturated rings. The number of aryl methyl sites for hydroxylation is 1. The predicted molar refractivity (Wildman–Crippen MR) is 62.2 cm³/mol. The van der Waals surface area contributed by atoms with Crippen LogP contribution in [0.25, 0.3) is 0 Å². The van der Waals surface area contributed by atoms with Crippen molar-refractivity contribution in [3.63, 3.8) is 0 Å². The van der Waals surface area contributed by atoms with E-state index in [1.807, 2.05) is 19.1 Å². The smallest absolute Gasteiger partial charge is 0.222 e. The van der Waals surface area contributed by atoms with Crippen LogP contribution in [-0.4, -0.2) is 9.97 Å². The number of halogens is 1. The van der Waals surface area contributed by atoms with Gasteiger partial charge in [-0.25, -0.2) is 4.98 Å². The maximum atomic E-state index is 5.89. The Morgan fingerprint density at radius 1 is 1.50 bits per heavy atom. The number of hydrogen-bond acceptors (Lipinski definition) is 5. The number of hydrogen-bond donors (Lipinski definition) is 2. The topological polar surface area (TPSA) is 77.0 Å². The number of aromatic nitrogens is 2. The van der Waals surface area contributed by atoms with E-state index in [0.717, 1.165) is 11.5 Å². The van der Waals surface area contributed by atoms with E-state index in [9.17, 15) is 0 Å². The summed E-state index contributed by atoms with van der Waals surface area (Å²) in [5.74, 6) is 2.36. The number of nitrogen functional groups attached to an aromatic ring is 1. The molecule has 2 heterocycles. The van der Waals surface area contributed by atoms with E-state index in [1.165, 1.54) is 6.20 Å². The quantitative estimate of drug-likeness (QED) is 0.858. The molecule has 0 aliphatic carbocycles. The Morgan fingerprint density at radius 2 is 2.31 bits per heavy atom. The molecule has 2 aromatic rings. The zero-order valence-electron chi connectivity index (χ0n) is 8.70. The average molecular weight is 239 g/mol. The standard InChI is InChI=1S/C10H11ClN4O/c1-6-2-3-7(16-6)4-13-9-8(11)5-14-10(12)15-9/h2-3,5H,4H2,1H3,(H3,12,13,14,15). The van der Waals surface area contributed by atoms with Gasteiger partial charge in [0.1, 0.15) is 16.5 Å². The Labute approximate surface area is 97.6 Å². The van der Waals surface area contributed by atoms with Crippen molar-refractivity contribution < 1.29 is 4.42 Å². The van der Waals surface area contributed by atoms with Gasteiger partial charge in [0.2, 0.25) is 5.95 Å². The van der Waals surface area contributed by atoms with Crippen LogP contribution in [0, 0.1) is 6.92 Å². The number of rotatable bonds is 3. The second-order valence-electron chi connectivity index (χ2n) is 3.29. The Bertz CT molecular complexity index is 497. The fourth-order valence-corrected chi connectivity index (χ4v) is 1.41. The summed E-state index contributed by atoms with van der Waals surface area (Å²) in [5, 5.41) is 3.45. The van der Waals surface area contributed by atoms with Gasteiger partial charge >= 0.3 is 0 Å².